The number of carboxylic acid groups (broad SMARTS) is 4. The summed E-state index contributed by atoms with van der Waals surface area (Å²) in [5.74, 6) is -4.44. The van der Waals surface area contributed by atoms with Crippen LogP contribution in [0.2, 0.25) is 0 Å². The standard InChI is InChI=1S/C49H63F3N6O11/c1-35-36(10-7-11-40(35)37-8-3-2-4-9-37)13-14-38-29-43(39(28-41(38)49(50,51)52)30-58-16-6-5-12-42(58)48(66)67)69-27-26-68-25-15-53-44(59)31-54-17-19-55(32-45(60)61)21-23-57(34-47(64)65)24-22-56(20-18-54)33-46(62)63/h2-4,7-11,13-14,28-29,42H,5-6,12,15-27,30-34H2,1H3,(H,53,59)(H,60,61)(H,62,63)(H,64,65)(H,66,67)/b14-13+/t42-/m0/s1. The van der Waals surface area contributed by atoms with Gasteiger partial charge in [-0.2, -0.15) is 13.2 Å². The van der Waals surface area contributed by atoms with Crippen molar-refractivity contribution in [2.24, 2.45) is 0 Å². The highest BCUT2D eigenvalue weighted by Crippen LogP contribution is 2.38. The van der Waals surface area contributed by atoms with Gasteiger partial charge in [0.15, 0.2) is 0 Å². The number of hydrogen-bond donors (Lipinski definition) is 5. The van der Waals surface area contributed by atoms with Crippen molar-refractivity contribution in [1.82, 2.24) is 29.8 Å². The summed E-state index contributed by atoms with van der Waals surface area (Å²) < 4.78 is 56.3. The summed E-state index contributed by atoms with van der Waals surface area (Å²) in [7, 11) is 0. The Morgan fingerprint density at radius 2 is 1.25 bits per heavy atom. The van der Waals surface area contributed by atoms with Crippen LogP contribution in [-0.2, 0) is 41.4 Å². The van der Waals surface area contributed by atoms with E-state index in [0.717, 1.165) is 28.3 Å². The van der Waals surface area contributed by atoms with Crippen LogP contribution in [0.3, 0.4) is 0 Å². The molecule has 0 radical (unpaired) electrons. The average Bonchev–Trinajstić information content (AvgIpc) is 3.29. The molecule has 20 heteroatoms. The number of rotatable bonds is 21. The minimum absolute atomic E-state index is 0.00326. The molecule has 5 rings (SSSR count). The van der Waals surface area contributed by atoms with E-state index in [0.29, 0.717) is 25.8 Å². The van der Waals surface area contributed by atoms with Crippen LogP contribution in [0.4, 0.5) is 13.2 Å². The molecule has 0 aliphatic carbocycles. The summed E-state index contributed by atoms with van der Waals surface area (Å²) in [5.41, 5.74) is 2.69. The highest BCUT2D eigenvalue weighted by molar-refractivity contribution is 5.79. The first-order chi connectivity index (χ1) is 33.0. The maximum atomic E-state index is 14.8. The fourth-order valence-electron chi connectivity index (χ4n) is 8.52. The van der Waals surface area contributed by atoms with Crippen molar-refractivity contribution >= 4 is 41.9 Å². The third-order valence-corrected chi connectivity index (χ3v) is 12.1. The second-order valence-corrected chi connectivity index (χ2v) is 17.2. The van der Waals surface area contributed by atoms with E-state index in [1.54, 1.807) is 30.6 Å². The van der Waals surface area contributed by atoms with Gasteiger partial charge in [-0.3, -0.25) is 48.5 Å². The molecule has 1 atom stereocenters. The van der Waals surface area contributed by atoms with Gasteiger partial charge >= 0.3 is 30.1 Å². The van der Waals surface area contributed by atoms with Gasteiger partial charge in [-0.1, -0.05) is 67.1 Å². The molecular formula is C49H63F3N6O11. The van der Waals surface area contributed by atoms with Gasteiger partial charge < -0.3 is 35.2 Å². The summed E-state index contributed by atoms with van der Waals surface area (Å²) in [4.78, 5) is 68.4. The number of halogens is 3. The number of ether oxygens (including phenoxy) is 2. The molecule has 3 aromatic rings. The van der Waals surface area contributed by atoms with Crippen LogP contribution in [0.1, 0.15) is 47.1 Å². The molecule has 2 saturated heterocycles. The number of hydrogen-bond acceptors (Lipinski definition) is 12. The first kappa shape index (κ1) is 54.0. The molecule has 0 saturated carbocycles. The normalized spacial score (nSPS) is 17.8. The largest absolute Gasteiger partial charge is 0.491 e. The Bertz CT molecular complexity index is 2200. The van der Waals surface area contributed by atoms with Gasteiger partial charge in [-0.15, -0.1) is 0 Å². The van der Waals surface area contributed by atoms with Crippen molar-refractivity contribution < 1.29 is 67.0 Å². The van der Waals surface area contributed by atoms with Gasteiger partial charge in [-0.25, -0.2) is 0 Å². The SMILES string of the molecule is Cc1c(/C=C/c2cc(OCCOCCNC(=O)CN3CCN(CC(=O)O)CCN(CC(=O)O)CCN(CC(=O)O)CC3)c(CN3CCCC[C@H]3C(=O)O)cc2C(F)(F)F)cccc1-c1ccccc1. The number of aliphatic carboxylic acids is 4. The first-order valence-corrected chi connectivity index (χ1v) is 23.0. The smallest absolute Gasteiger partial charge is 0.417 e. The second kappa shape index (κ2) is 26.7. The fourth-order valence-corrected chi connectivity index (χ4v) is 8.52. The van der Waals surface area contributed by atoms with Crippen molar-refractivity contribution in [2.75, 3.05) is 111 Å². The van der Waals surface area contributed by atoms with Crippen molar-refractivity contribution in [3.63, 3.8) is 0 Å². The van der Waals surface area contributed by atoms with Crippen LogP contribution < -0.4 is 10.1 Å². The van der Waals surface area contributed by atoms with Crippen LogP contribution in [0, 0.1) is 6.92 Å². The predicted molar refractivity (Wildman–Crippen MR) is 251 cm³/mol. The summed E-state index contributed by atoms with van der Waals surface area (Å²) in [5, 5.41) is 41.1. The number of piperidine rings is 1. The van der Waals surface area contributed by atoms with E-state index in [1.807, 2.05) is 55.5 Å². The minimum Gasteiger partial charge on any atom is -0.491 e. The molecule has 69 heavy (non-hydrogen) atoms. The lowest BCUT2D eigenvalue weighted by atomic mass is 9.95. The molecule has 17 nitrogen and oxygen atoms in total. The fraction of sp³-hybridized carbons (Fsp3) is 0.490. The van der Waals surface area contributed by atoms with Crippen LogP contribution >= 0.6 is 0 Å². The quantitative estimate of drug-likeness (QED) is 0.0745. The van der Waals surface area contributed by atoms with Crippen molar-refractivity contribution in [1.29, 1.82) is 0 Å². The zero-order valence-electron chi connectivity index (χ0n) is 38.9. The maximum absolute atomic E-state index is 14.8. The maximum Gasteiger partial charge on any atom is 0.417 e. The highest BCUT2D eigenvalue weighted by Gasteiger charge is 2.35. The van der Waals surface area contributed by atoms with Crippen LogP contribution in [0.5, 0.6) is 5.75 Å². The van der Waals surface area contributed by atoms with Crippen molar-refractivity contribution in [3.8, 4) is 16.9 Å². The molecule has 2 heterocycles. The predicted octanol–water partition coefficient (Wildman–Crippen LogP) is 4.28. The lowest BCUT2D eigenvalue weighted by molar-refractivity contribution is -0.145. The van der Waals surface area contributed by atoms with E-state index in [4.69, 9.17) is 9.47 Å². The monoisotopic (exact) mass is 968 g/mol. The van der Waals surface area contributed by atoms with Gasteiger partial charge in [0.05, 0.1) is 45.0 Å². The second-order valence-electron chi connectivity index (χ2n) is 17.2. The molecule has 3 aromatic carbocycles. The molecule has 5 N–H and O–H groups in total. The zero-order chi connectivity index (χ0) is 49.9. The molecule has 0 aromatic heterocycles. The average molecular weight is 969 g/mol. The molecule has 2 aliphatic heterocycles. The Labute approximate surface area is 399 Å². The summed E-state index contributed by atoms with van der Waals surface area (Å²) in [6.45, 7) is 3.37. The van der Waals surface area contributed by atoms with Crippen LogP contribution in [0.25, 0.3) is 23.3 Å². The number of carbonyl (C=O) groups is 5. The molecule has 0 unspecified atom stereocenters. The summed E-state index contributed by atoms with van der Waals surface area (Å²) in [6.07, 6.45) is 0.0607. The van der Waals surface area contributed by atoms with E-state index in [-0.39, 0.29) is 134 Å². The zero-order valence-corrected chi connectivity index (χ0v) is 38.9. The third kappa shape index (κ3) is 17.8. The number of nitrogens with one attached hydrogen (secondary N) is 1. The molecule has 1 amide bonds. The van der Waals surface area contributed by atoms with Gasteiger partial charge in [-0.05, 0) is 66.3 Å². The third-order valence-electron chi connectivity index (χ3n) is 12.1. The number of alkyl halides is 3. The van der Waals surface area contributed by atoms with Gasteiger partial charge in [0.1, 0.15) is 18.4 Å². The van der Waals surface area contributed by atoms with E-state index in [1.165, 1.54) is 12.1 Å². The van der Waals surface area contributed by atoms with E-state index in [9.17, 15) is 57.6 Å². The first-order valence-electron chi connectivity index (χ1n) is 23.0. The number of carbonyl (C=O) groups excluding carboxylic acids is 1. The lowest BCUT2D eigenvalue weighted by Crippen LogP contribution is -2.50. The molecule has 376 valence electrons. The van der Waals surface area contributed by atoms with Crippen molar-refractivity contribution in [3.05, 3.63) is 88.5 Å². The lowest BCUT2D eigenvalue weighted by Gasteiger charge is -2.33. The Hall–Kier alpha value is -5.90. The Morgan fingerprint density at radius 1 is 0.681 bits per heavy atom. The highest BCUT2D eigenvalue weighted by atomic mass is 19.4. The van der Waals surface area contributed by atoms with Crippen molar-refractivity contribution in [2.45, 2.75) is 44.9 Å². The number of likely N-dealkylation sites (tertiary alicyclic amines) is 1. The van der Waals surface area contributed by atoms with Crippen LogP contribution in [0.15, 0.2) is 60.7 Å². The number of amides is 1. The Balaban J connectivity index is 1.23. The Kier molecular flexibility index (Phi) is 21.0. The van der Waals surface area contributed by atoms with E-state index < -0.39 is 41.7 Å². The van der Waals surface area contributed by atoms with E-state index in [2.05, 4.69) is 5.32 Å². The minimum atomic E-state index is -4.74. The van der Waals surface area contributed by atoms with Gasteiger partial charge in [0.2, 0.25) is 5.91 Å². The molecular weight excluding hydrogens is 906 g/mol. The molecule has 2 aliphatic rings. The number of nitrogens with zero attached hydrogens (tertiary/aromatic N) is 5. The van der Waals surface area contributed by atoms with Gasteiger partial charge in [0.25, 0.3) is 0 Å². The number of benzene rings is 3. The molecule has 0 spiro atoms. The molecule has 2 fully saturated rings. The molecule has 0 bridgehead atoms. The topological polar surface area (TPSA) is 213 Å². The van der Waals surface area contributed by atoms with E-state index >= 15 is 0 Å². The summed E-state index contributed by atoms with van der Waals surface area (Å²) >= 11 is 0. The Morgan fingerprint density at radius 3 is 1.80 bits per heavy atom. The number of carboxylic acids is 4. The van der Waals surface area contributed by atoms with Crippen LogP contribution in [-0.4, -0.2) is 192 Å². The summed E-state index contributed by atoms with van der Waals surface area (Å²) in [6, 6.07) is 16.8. The van der Waals surface area contributed by atoms with Gasteiger partial charge in [0, 0.05) is 71.0 Å².